The molecule has 0 fully saturated rings. The van der Waals surface area contributed by atoms with Crippen molar-refractivity contribution in [1.29, 1.82) is 0 Å². The van der Waals surface area contributed by atoms with Crippen LogP contribution in [-0.4, -0.2) is 12.4 Å². The van der Waals surface area contributed by atoms with Crippen LogP contribution in [0.15, 0.2) is 67.0 Å². The van der Waals surface area contributed by atoms with Gasteiger partial charge in [-0.2, -0.15) is 0 Å². The Kier molecular flexibility index (Phi) is 5.57. The molecule has 3 nitrogen and oxygen atoms in total. The summed E-state index contributed by atoms with van der Waals surface area (Å²) in [5, 5.41) is 0. The van der Waals surface area contributed by atoms with Gasteiger partial charge in [0.15, 0.2) is 0 Å². The summed E-state index contributed by atoms with van der Waals surface area (Å²) in [5.74, 6) is 0.790. The van der Waals surface area contributed by atoms with E-state index in [-0.39, 0.29) is 17.4 Å². The average molecular weight is 389 g/mol. The third-order valence-corrected chi connectivity index (χ3v) is 6.45. The Morgan fingerprint density at radius 2 is 2.03 bits per heavy atom. The van der Waals surface area contributed by atoms with Gasteiger partial charge in [-0.05, 0) is 72.1 Å². The minimum Gasteiger partial charge on any atom is -0.493 e. The molecule has 0 N–H and O–H groups in total. The molecule has 0 saturated carbocycles. The highest BCUT2D eigenvalue weighted by Gasteiger charge is 2.42. The van der Waals surface area contributed by atoms with Crippen molar-refractivity contribution in [2.24, 2.45) is 11.3 Å². The van der Waals surface area contributed by atoms with Crippen molar-refractivity contribution in [2.45, 2.75) is 45.8 Å². The van der Waals surface area contributed by atoms with E-state index >= 15 is 0 Å². The molecule has 29 heavy (non-hydrogen) atoms. The smallest absolute Gasteiger partial charge is 0.127 e. The van der Waals surface area contributed by atoms with E-state index in [2.05, 4.69) is 38.1 Å². The van der Waals surface area contributed by atoms with E-state index in [0.717, 1.165) is 31.3 Å². The summed E-state index contributed by atoms with van der Waals surface area (Å²) in [7, 11) is 0. The number of carbonyl (C=O) groups is 1. The van der Waals surface area contributed by atoms with Gasteiger partial charge in [0.1, 0.15) is 24.7 Å². The van der Waals surface area contributed by atoms with Crippen molar-refractivity contribution in [3.8, 4) is 5.75 Å². The quantitative estimate of drug-likeness (QED) is 0.626. The highest BCUT2D eigenvalue weighted by molar-refractivity contribution is 5.58. The minimum absolute atomic E-state index is 0.117. The van der Waals surface area contributed by atoms with Crippen molar-refractivity contribution in [2.75, 3.05) is 0 Å². The molecule has 3 atom stereocenters. The van der Waals surface area contributed by atoms with Crippen molar-refractivity contribution in [3.05, 3.63) is 89.2 Å². The maximum absolute atomic E-state index is 12.0. The van der Waals surface area contributed by atoms with Gasteiger partial charge in [-0.15, -0.1) is 0 Å². The summed E-state index contributed by atoms with van der Waals surface area (Å²) in [4.78, 5) is 12.0. The molecule has 1 aliphatic heterocycles. The van der Waals surface area contributed by atoms with Gasteiger partial charge in [0.25, 0.3) is 0 Å². The zero-order chi connectivity index (χ0) is 20.3. The summed E-state index contributed by atoms with van der Waals surface area (Å²) in [6.45, 7) is 4.95. The predicted octanol–water partition coefficient (Wildman–Crippen LogP) is 5.35. The van der Waals surface area contributed by atoms with E-state index in [1.807, 2.05) is 36.4 Å². The fraction of sp³-hybridized carbons (Fsp3) is 0.346. The molecular formula is C26H28O3. The van der Waals surface area contributed by atoms with Gasteiger partial charge in [0, 0.05) is 0 Å². The molecule has 3 unspecified atom stereocenters. The molecule has 0 bridgehead atoms. The summed E-state index contributed by atoms with van der Waals surface area (Å²) < 4.78 is 11.8. The second-order valence-electron chi connectivity index (χ2n) is 8.41. The van der Waals surface area contributed by atoms with Crippen molar-refractivity contribution >= 4 is 6.29 Å². The van der Waals surface area contributed by atoms with E-state index in [1.54, 1.807) is 6.26 Å². The van der Waals surface area contributed by atoms with Crippen LogP contribution in [0.25, 0.3) is 0 Å². The van der Waals surface area contributed by atoms with Crippen molar-refractivity contribution in [1.82, 2.24) is 0 Å². The largest absolute Gasteiger partial charge is 0.493 e. The Labute approximate surface area is 173 Å². The number of rotatable bonds is 6. The lowest BCUT2D eigenvalue weighted by Gasteiger charge is -2.42. The monoisotopic (exact) mass is 388 g/mol. The first kappa shape index (κ1) is 19.5. The molecule has 1 heterocycles. The summed E-state index contributed by atoms with van der Waals surface area (Å²) in [5.41, 5.74) is 4.97. The summed E-state index contributed by atoms with van der Waals surface area (Å²) in [6.07, 6.45) is 11.2. The Morgan fingerprint density at radius 3 is 2.76 bits per heavy atom. The second kappa shape index (κ2) is 8.28. The number of hydrogen-bond acceptors (Lipinski definition) is 3. The van der Waals surface area contributed by atoms with Crippen LogP contribution in [0.5, 0.6) is 5.75 Å². The molecule has 0 amide bonds. The van der Waals surface area contributed by atoms with Gasteiger partial charge >= 0.3 is 0 Å². The molecule has 0 radical (unpaired) electrons. The van der Waals surface area contributed by atoms with Crippen LogP contribution in [0.2, 0.25) is 0 Å². The molecule has 1 aliphatic carbocycles. The zero-order valence-corrected chi connectivity index (χ0v) is 17.1. The van der Waals surface area contributed by atoms with E-state index in [0.29, 0.717) is 6.61 Å². The summed E-state index contributed by atoms with van der Waals surface area (Å²) in [6, 6.07) is 14.5. The Bertz CT molecular complexity index is 928. The first-order valence-electron chi connectivity index (χ1n) is 10.3. The molecular weight excluding hydrogens is 360 g/mol. The Morgan fingerprint density at radius 1 is 1.21 bits per heavy atom. The van der Waals surface area contributed by atoms with E-state index in [4.69, 9.17) is 9.47 Å². The number of fused-ring (bicyclic) bond motifs is 1. The highest BCUT2D eigenvalue weighted by atomic mass is 16.5. The van der Waals surface area contributed by atoms with Crippen LogP contribution in [0, 0.1) is 18.3 Å². The lowest BCUT2D eigenvalue weighted by Crippen LogP contribution is -2.41. The fourth-order valence-corrected chi connectivity index (χ4v) is 4.66. The van der Waals surface area contributed by atoms with Crippen LogP contribution < -0.4 is 4.74 Å². The number of aldehydes is 1. The average Bonchev–Trinajstić information content (AvgIpc) is 2.75. The SMILES string of the molecule is Cc1c(OCc2ccccc2)ccc2c1CCC(C)(C(C=O)C1C=CC=CO1)C2. The predicted molar refractivity (Wildman–Crippen MR) is 115 cm³/mol. The number of benzene rings is 2. The number of carbonyl (C=O) groups excluding carboxylic acids is 1. The summed E-state index contributed by atoms with van der Waals surface area (Å²) >= 11 is 0. The second-order valence-corrected chi connectivity index (χ2v) is 8.41. The van der Waals surface area contributed by atoms with Gasteiger partial charge in [-0.25, -0.2) is 0 Å². The lowest BCUT2D eigenvalue weighted by molar-refractivity contribution is -0.119. The van der Waals surface area contributed by atoms with Gasteiger partial charge in [0.05, 0.1) is 12.2 Å². The van der Waals surface area contributed by atoms with E-state index in [1.165, 1.54) is 22.3 Å². The first-order valence-corrected chi connectivity index (χ1v) is 10.3. The van der Waals surface area contributed by atoms with Crippen molar-refractivity contribution in [3.63, 3.8) is 0 Å². The molecule has 3 heteroatoms. The molecule has 150 valence electrons. The first-order chi connectivity index (χ1) is 14.1. The molecule has 2 aliphatic rings. The Hall–Kier alpha value is -2.81. The Balaban J connectivity index is 1.52. The van der Waals surface area contributed by atoms with E-state index in [9.17, 15) is 4.79 Å². The highest BCUT2D eigenvalue weighted by Crippen LogP contribution is 2.45. The van der Waals surface area contributed by atoms with Crippen LogP contribution in [0.4, 0.5) is 0 Å². The topological polar surface area (TPSA) is 35.5 Å². The third-order valence-electron chi connectivity index (χ3n) is 6.45. The maximum Gasteiger partial charge on any atom is 0.127 e. The van der Waals surface area contributed by atoms with Crippen LogP contribution >= 0.6 is 0 Å². The van der Waals surface area contributed by atoms with Gasteiger partial charge in [0.2, 0.25) is 0 Å². The maximum atomic E-state index is 12.0. The number of allylic oxidation sites excluding steroid dienone is 2. The van der Waals surface area contributed by atoms with Gasteiger partial charge < -0.3 is 14.3 Å². The van der Waals surface area contributed by atoms with Crippen LogP contribution in [0.1, 0.15) is 35.6 Å². The molecule has 0 saturated heterocycles. The zero-order valence-electron chi connectivity index (χ0n) is 17.1. The molecule has 0 aromatic heterocycles. The number of hydrogen-bond donors (Lipinski definition) is 0. The van der Waals surface area contributed by atoms with Crippen molar-refractivity contribution < 1.29 is 14.3 Å². The van der Waals surface area contributed by atoms with Gasteiger partial charge in [-0.1, -0.05) is 49.4 Å². The van der Waals surface area contributed by atoms with Gasteiger partial charge in [-0.3, -0.25) is 0 Å². The molecule has 2 aromatic rings. The molecule has 0 spiro atoms. The minimum atomic E-state index is -0.182. The molecule has 4 rings (SSSR count). The lowest BCUT2D eigenvalue weighted by atomic mass is 9.64. The normalized spacial score (nSPS) is 23.7. The fourth-order valence-electron chi connectivity index (χ4n) is 4.66. The van der Waals surface area contributed by atoms with E-state index < -0.39 is 0 Å². The standard InChI is InChI=1S/C26H28O3/c1-19-22-13-14-26(2,23(17-27)25-10-6-7-15-28-25)16-21(22)11-12-24(19)29-18-20-8-4-3-5-9-20/h3-12,15,17,23,25H,13-14,16,18H2,1-2H3. The van der Waals surface area contributed by atoms with Crippen LogP contribution in [0.3, 0.4) is 0 Å². The molecule has 2 aromatic carbocycles. The third kappa shape index (κ3) is 4.00. The number of ether oxygens (including phenoxy) is 2. The van der Waals surface area contributed by atoms with Crippen LogP contribution in [-0.2, 0) is 29.0 Å².